The Labute approximate surface area is 128 Å². The van der Waals surface area contributed by atoms with Crippen LogP contribution in [0.5, 0.6) is 0 Å². The van der Waals surface area contributed by atoms with Crippen LogP contribution in [0, 0.1) is 0 Å². The van der Waals surface area contributed by atoms with Crippen molar-refractivity contribution in [1.82, 2.24) is 5.32 Å². The zero-order valence-electron chi connectivity index (χ0n) is 13.0. The van der Waals surface area contributed by atoms with Crippen LogP contribution in [-0.2, 0) is 9.84 Å². The fourth-order valence-corrected chi connectivity index (χ4v) is 3.39. The van der Waals surface area contributed by atoms with Gasteiger partial charge in [-0.1, -0.05) is 13.3 Å². The number of hydrogen-bond acceptors (Lipinski definition) is 4. The molecule has 1 aliphatic rings. The lowest BCUT2D eigenvalue weighted by Crippen LogP contribution is -2.38. The highest BCUT2D eigenvalue weighted by molar-refractivity contribution is 7.90. The van der Waals surface area contributed by atoms with Crippen LogP contribution >= 0.6 is 0 Å². The molecule has 0 radical (unpaired) electrons. The molecule has 1 unspecified atom stereocenters. The molecular formula is C16H26N2O2S. The van der Waals surface area contributed by atoms with Gasteiger partial charge in [-0.2, -0.15) is 0 Å². The van der Waals surface area contributed by atoms with E-state index in [-0.39, 0.29) is 0 Å². The number of benzene rings is 1. The SMILES string of the molecule is CCCCN(CC1CCCN1)c1ccc(S(C)(=O)=O)cc1. The Morgan fingerprint density at radius 3 is 2.52 bits per heavy atom. The molecule has 1 saturated heterocycles. The van der Waals surface area contributed by atoms with Crippen LogP contribution in [0.3, 0.4) is 0 Å². The normalized spacial score (nSPS) is 18.9. The molecule has 0 aliphatic carbocycles. The third-order valence-corrected chi connectivity index (χ3v) is 5.14. The Morgan fingerprint density at radius 2 is 2.00 bits per heavy atom. The third kappa shape index (κ3) is 4.71. The van der Waals surface area contributed by atoms with Gasteiger partial charge in [-0.25, -0.2) is 8.42 Å². The fourth-order valence-electron chi connectivity index (χ4n) is 2.76. The van der Waals surface area contributed by atoms with E-state index in [0.717, 1.165) is 38.2 Å². The van der Waals surface area contributed by atoms with Gasteiger partial charge >= 0.3 is 0 Å². The summed E-state index contributed by atoms with van der Waals surface area (Å²) in [5, 5.41) is 3.53. The molecule has 0 saturated carbocycles. The van der Waals surface area contributed by atoms with Gasteiger partial charge in [-0.05, 0) is 50.1 Å². The number of hydrogen-bond donors (Lipinski definition) is 1. The summed E-state index contributed by atoms with van der Waals surface area (Å²) < 4.78 is 23.1. The Balaban J connectivity index is 2.11. The number of nitrogens with one attached hydrogen (secondary N) is 1. The number of rotatable bonds is 7. The predicted molar refractivity (Wildman–Crippen MR) is 87.7 cm³/mol. The summed E-state index contributed by atoms with van der Waals surface area (Å²) in [5.41, 5.74) is 1.12. The monoisotopic (exact) mass is 310 g/mol. The van der Waals surface area contributed by atoms with Crippen molar-refractivity contribution in [3.05, 3.63) is 24.3 Å². The molecular weight excluding hydrogens is 284 g/mol. The van der Waals surface area contributed by atoms with Crippen LogP contribution in [-0.4, -0.2) is 40.3 Å². The van der Waals surface area contributed by atoms with Gasteiger partial charge in [0, 0.05) is 31.1 Å². The van der Waals surface area contributed by atoms with E-state index in [1.165, 1.54) is 19.1 Å². The van der Waals surface area contributed by atoms with E-state index in [1.807, 2.05) is 12.1 Å². The first-order valence-electron chi connectivity index (χ1n) is 7.79. The van der Waals surface area contributed by atoms with Crippen molar-refractivity contribution in [1.29, 1.82) is 0 Å². The second kappa shape index (κ2) is 7.27. The van der Waals surface area contributed by atoms with Gasteiger partial charge in [0.15, 0.2) is 9.84 Å². The van der Waals surface area contributed by atoms with E-state index in [9.17, 15) is 8.42 Å². The lowest BCUT2D eigenvalue weighted by molar-refractivity contribution is 0.572. The van der Waals surface area contributed by atoms with Gasteiger partial charge in [-0.3, -0.25) is 0 Å². The fraction of sp³-hybridized carbons (Fsp3) is 0.625. The van der Waals surface area contributed by atoms with Crippen molar-refractivity contribution in [3.63, 3.8) is 0 Å². The molecule has 1 aromatic carbocycles. The van der Waals surface area contributed by atoms with E-state index in [0.29, 0.717) is 10.9 Å². The van der Waals surface area contributed by atoms with Crippen LogP contribution in [0.2, 0.25) is 0 Å². The minimum Gasteiger partial charge on any atom is -0.370 e. The van der Waals surface area contributed by atoms with Crippen molar-refractivity contribution in [2.75, 3.05) is 30.8 Å². The zero-order chi connectivity index (χ0) is 15.3. The molecule has 4 nitrogen and oxygen atoms in total. The molecule has 1 heterocycles. The van der Waals surface area contributed by atoms with E-state index < -0.39 is 9.84 Å². The van der Waals surface area contributed by atoms with E-state index >= 15 is 0 Å². The van der Waals surface area contributed by atoms with Crippen molar-refractivity contribution in [2.24, 2.45) is 0 Å². The molecule has 2 rings (SSSR count). The van der Waals surface area contributed by atoms with Gasteiger partial charge in [0.2, 0.25) is 0 Å². The predicted octanol–water partition coefficient (Wildman–Crippen LogP) is 2.45. The molecule has 1 aliphatic heterocycles. The van der Waals surface area contributed by atoms with Crippen LogP contribution in [0.25, 0.3) is 0 Å². The summed E-state index contributed by atoms with van der Waals surface area (Å²) >= 11 is 0. The van der Waals surface area contributed by atoms with Gasteiger partial charge in [0.25, 0.3) is 0 Å². The molecule has 0 spiro atoms. The molecule has 1 aromatic rings. The quantitative estimate of drug-likeness (QED) is 0.840. The maximum absolute atomic E-state index is 11.5. The zero-order valence-corrected chi connectivity index (χ0v) is 13.8. The second-order valence-corrected chi connectivity index (χ2v) is 7.87. The van der Waals surface area contributed by atoms with Gasteiger partial charge in [-0.15, -0.1) is 0 Å². The van der Waals surface area contributed by atoms with Crippen molar-refractivity contribution >= 4 is 15.5 Å². The highest BCUT2D eigenvalue weighted by Gasteiger charge is 2.18. The third-order valence-electron chi connectivity index (χ3n) is 4.01. The minimum atomic E-state index is -3.12. The summed E-state index contributed by atoms with van der Waals surface area (Å²) in [5.74, 6) is 0. The summed E-state index contributed by atoms with van der Waals surface area (Å²) in [4.78, 5) is 2.76. The average molecular weight is 310 g/mol. The van der Waals surface area contributed by atoms with Gasteiger partial charge in [0.05, 0.1) is 4.90 Å². The van der Waals surface area contributed by atoms with Crippen LogP contribution < -0.4 is 10.2 Å². The first kappa shape index (κ1) is 16.3. The molecule has 118 valence electrons. The number of unbranched alkanes of at least 4 members (excludes halogenated alkanes) is 1. The van der Waals surface area contributed by atoms with Crippen LogP contribution in [0.15, 0.2) is 29.2 Å². The summed E-state index contributed by atoms with van der Waals surface area (Å²) in [7, 11) is -3.12. The molecule has 1 fully saturated rings. The molecule has 0 aromatic heterocycles. The van der Waals surface area contributed by atoms with Crippen molar-refractivity contribution < 1.29 is 8.42 Å². The summed E-state index contributed by atoms with van der Waals surface area (Å²) in [6.07, 6.45) is 6.04. The molecule has 0 amide bonds. The van der Waals surface area contributed by atoms with Crippen LogP contribution in [0.4, 0.5) is 5.69 Å². The van der Waals surface area contributed by atoms with E-state index in [4.69, 9.17) is 0 Å². The maximum Gasteiger partial charge on any atom is 0.175 e. The Morgan fingerprint density at radius 1 is 1.29 bits per heavy atom. The topological polar surface area (TPSA) is 49.4 Å². The van der Waals surface area contributed by atoms with E-state index in [2.05, 4.69) is 17.1 Å². The molecule has 1 atom stereocenters. The Bertz CT molecular complexity index is 534. The summed E-state index contributed by atoms with van der Waals surface area (Å²) in [6.45, 7) is 5.32. The van der Waals surface area contributed by atoms with Crippen molar-refractivity contribution in [2.45, 2.75) is 43.5 Å². The van der Waals surface area contributed by atoms with Crippen molar-refractivity contribution in [3.8, 4) is 0 Å². The highest BCUT2D eigenvalue weighted by Crippen LogP contribution is 2.20. The molecule has 1 N–H and O–H groups in total. The molecule has 21 heavy (non-hydrogen) atoms. The minimum absolute atomic E-state index is 0.390. The average Bonchev–Trinajstić information content (AvgIpc) is 2.95. The Hall–Kier alpha value is -1.07. The van der Waals surface area contributed by atoms with Gasteiger partial charge < -0.3 is 10.2 Å². The molecule has 5 heteroatoms. The molecule has 0 bridgehead atoms. The number of sulfone groups is 1. The lowest BCUT2D eigenvalue weighted by Gasteiger charge is -2.28. The maximum atomic E-state index is 11.5. The van der Waals surface area contributed by atoms with Crippen LogP contribution in [0.1, 0.15) is 32.6 Å². The first-order valence-corrected chi connectivity index (χ1v) is 9.68. The Kier molecular flexibility index (Phi) is 5.65. The second-order valence-electron chi connectivity index (χ2n) is 5.86. The lowest BCUT2D eigenvalue weighted by atomic mass is 10.2. The standard InChI is InChI=1S/C16H26N2O2S/c1-3-4-12-18(13-14-6-5-11-17-14)15-7-9-16(10-8-15)21(2,19)20/h7-10,14,17H,3-6,11-13H2,1-2H3. The largest absolute Gasteiger partial charge is 0.370 e. The smallest absolute Gasteiger partial charge is 0.175 e. The number of anilines is 1. The summed E-state index contributed by atoms with van der Waals surface area (Å²) in [6, 6.07) is 7.84. The number of nitrogens with zero attached hydrogens (tertiary/aromatic N) is 1. The van der Waals surface area contributed by atoms with Gasteiger partial charge in [0.1, 0.15) is 0 Å². The van der Waals surface area contributed by atoms with E-state index in [1.54, 1.807) is 12.1 Å². The first-order chi connectivity index (χ1) is 10.0. The highest BCUT2D eigenvalue weighted by atomic mass is 32.2.